The molecule has 0 aliphatic rings. The number of nitrogens with zero attached hydrogens (tertiary/aromatic N) is 2. The second kappa shape index (κ2) is 8.45. The van der Waals surface area contributed by atoms with Crippen molar-refractivity contribution >= 4 is 23.2 Å². The molecule has 21 heavy (non-hydrogen) atoms. The molecule has 0 unspecified atom stereocenters. The summed E-state index contributed by atoms with van der Waals surface area (Å²) in [5.41, 5.74) is 6.04. The molecule has 0 fully saturated rings. The molecule has 1 aromatic rings. The fourth-order valence-corrected chi connectivity index (χ4v) is 2.51. The van der Waals surface area contributed by atoms with Crippen molar-refractivity contribution < 1.29 is 9.59 Å². The highest BCUT2D eigenvalue weighted by Crippen LogP contribution is 2.18. The van der Waals surface area contributed by atoms with Gasteiger partial charge in [-0.3, -0.25) is 9.59 Å². The predicted octanol–water partition coefficient (Wildman–Crippen LogP) is 0.999. The molecule has 1 aromatic heterocycles. The molecule has 6 heteroatoms. The monoisotopic (exact) mass is 307 g/mol. The fourth-order valence-electron chi connectivity index (χ4n) is 1.69. The molecule has 5 nitrogen and oxygen atoms in total. The number of hydrogen-bond acceptors (Lipinski definition) is 4. The van der Waals surface area contributed by atoms with Gasteiger partial charge in [-0.2, -0.15) is 0 Å². The van der Waals surface area contributed by atoms with Crippen LogP contribution in [-0.4, -0.2) is 55.3 Å². The number of amides is 2. The van der Waals surface area contributed by atoms with E-state index in [4.69, 9.17) is 5.73 Å². The Morgan fingerprint density at radius 1 is 1.38 bits per heavy atom. The first kappa shape index (κ1) is 17.2. The molecule has 114 valence electrons. The molecular formula is C15H21N3O2S. The van der Waals surface area contributed by atoms with Gasteiger partial charge in [0, 0.05) is 26.2 Å². The van der Waals surface area contributed by atoms with Gasteiger partial charge < -0.3 is 15.5 Å². The van der Waals surface area contributed by atoms with Gasteiger partial charge in [0.1, 0.15) is 11.4 Å². The molecule has 0 spiro atoms. The topological polar surface area (TPSA) is 66.6 Å². The van der Waals surface area contributed by atoms with Crippen LogP contribution in [0, 0.1) is 11.8 Å². The Balaban J connectivity index is 2.96. The summed E-state index contributed by atoms with van der Waals surface area (Å²) in [7, 11) is 3.36. The Morgan fingerprint density at radius 3 is 2.67 bits per heavy atom. The second-order valence-electron chi connectivity index (χ2n) is 4.68. The fraction of sp³-hybridized carbons (Fsp3) is 0.467. The van der Waals surface area contributed by atoms with Crippen LogP contribution in [0.4, 0.5) is 0 Å². The summed E-state index contributed by atoms with van der Waals surface area (Å²) in [5, 5.41) is 1.83. The molecule has 0 saturated heterocycles. The van der Waals surface area contributed by atoms with E-state index >= 15 is 0 Å². The van der Waals surface area contributed by atoms with Crippen molar-refractivity contribution in [1.29, 1.82) is 0 Å². The largest absolute Gasteiger partial charge is 0.347 e. The molecule has 2 amide bonds. The van der Waals surface area contributed by atoms with Crippen molar-refractivity contribution in [1.82, 2.24) is 9.80 Å². The average molecular weight is 307 g/mol. The van der Waals surface area contributed by atoms with Gasteiger partial charge in [0.05, 0.1) is 6.54 Å². The highest BCUT2D eigenvalue weighted by Gasteiger charge is 2.22. The standard InChI is InChI=1S/C15H21N3O2S/c1-4-9-18(11-13(19)17(2)3)15(20)14-12(6-5-8-16)7-10-21-14/h7,10H,4,8-9,11,16H2,1-3H3. The quantitative estimate of drug-likeness (QED) is 0.825. The van der Waals surface area contributed by atoms with Crippen molar-refractivity contribution in [2.75, 3.05) is 33.7 Å². The highest BCUT2D eigenvalue weighted by molar-refractivity contribution is 7.12. The third kappa shape index (κ3) is 4.88. The molecule has 0 bridgehead atoms. The lowest BCUT2D eigenvalue weighted by atomic mass is 10.2. The highest BCUT2D eigenvalue weighted by atomic mass is 32.1. The van der Waals surface area contributed by atoms with E-state index in [9.17, 15) is 9.59 Å². The van der Waals surface area contributed by atoms with Crippen molar-refractivity contribution in [3.05, 3.63) is 21.9 Å². The first-order chi connectivity index (χ1) is 10.0. The van der Waals surface area contributed by atoms with Crippen molar-refractivity contribution in [2.24, 2.45) is 5.73 Å². The van der Waals surface area contributed by atoms with Crippen LogP contribution < -0.4 is 5.73 Å². The van der Waals surface area contributed by atoms with Crippen molar-refractivity contribution in [3.8, 4) is 11.8 Å². The second-order valence-corrected chi connectivity index (χ2v) is 5.60. The third-order valence-electron chi connectivity index (χ3n) is 2.79. The minimum Gasteiger partial charge on any atom is -0.347 e. The molecule has 2 N–H and O–H groups in total. The summed E-state index contributed by atoms with van der Waals surface area (Å²) in [5.74, 6) is 5.41. The molecule has 1 heterocycles. The van der Waals surface area contributed by atoms with Crippen LogP contribution in [0.3, 0.4) is 0 Å². The van der Waals surface area contributed by atoms with Gasteiger partial charge in [0.15, 0.2) is 0 Å². The van der Waals surface area contributed by atoms with Crippen molar-refractivity contribution in [2.45, 2.75) is 13.3 Å². The number of carbonyl (C=O) groups is 2. The minimum atomic E-state index is -0.150. The summed E-state index contributed by atoms with van der Waals surface area (Å²) in [6.07, 6.45) is 0.793. The van der Waals surface area contributed by atoms with E-state index in [0.717, 1.165) is 6.42 Å². The number of rotatable bonds is 5. The van der Waals surface area contributed by atoms with Crippen LogP contribution in [0.2, 0.25) is 0 Å². The van der Waals surface area contributed by atoms with Crippen LogP contribution >= 0.6 is 11.3 Å². The Kier molecular flexibility index (Phi) is 6.92. The lowest BCUT2D eigenvalue weighted by molar-refractivity contribution is -0.129. The molecule has 1 rings (SSSR count). The minimum absolute atomic E-state index is 0.0847. The average Bonchev–Trinajstić information content (AvgIpc) is 2.91. The number of nitrogens with two attached hydrogens (primary N) is 1. The zero-order chi connectivity index (χ0) is 15.8. The van der Waals surface area contributed by atoms with E-state index in [1.54, 1.807) is 25.1 Å². The van der Waals surface area contributed by atoms with Crippen LogP contribution in [-0.2, 0) is 4.79 Å². The summed E-state index contributed by atoms with van der Waals surface area (Å²) in [6, 6.07) is 1.80. The van der Waals surface area contributed by atoms with Gasteiger partial charge in [-0.15, -0.1) is 11.3 Å². The van der Waals surface area contributed by atoms with E-state index in [1.807, 2.05) is 12.3 Å². The Labute approximate surface area is 129 Å². The Hall–Kier alpha value is -1.84. The number of carbonyl (C=O) groups excluding carboxylic acids is 2. The van der Waals surface area contributed by atoms with E-state index in [2.05, 4.69) is 11.8 Å². The maximum absolute atomic E-state index is 12.6. The zero-order valence-electron chi connectivity index (χ0n) is 12.7. The maximum atomic E-state index is 12.6. The zero-order valence-corrected chi connectivity index (χ0v) is 13.5. The van der Waals surface area contributed by atoms with Gasteiger partial charge in [0.2, 0.25) is 5.91 Å². The smallest absolute Gasteiger partial charge is 0.265 e. The van der Waals surface area contributed by atoms with Crippen LogP contribution in [0.25, 0.3) is 0 Å². The number of hydrogen-bond donors (Lipinski definition) is 1. The summed E-state index contributed by atoms with van der Waals surface area (Å²) in [6.45, 7) is 2.85. The molecule has 0 aliphatic heterocycles. The molecule has 0 saturated carbocycles. The summed E-state index contributed by atoms with van der Waals surface area (Å²) in [4.78, 5) is 28.1. The Bertz CT molecular complexity index is 555. The number of thiophene rings is 1. The van der Waals surface area contributed by atoms with Gasteiger partial charge in [-0.1, -0.05) is 18.8 Å². The molecule has 0 radical (unpaired) electrons. The van der Waals surface area contributed by atoms with E-state index in [0.29, 0.717) is 17.0 Å². The van der Waals surface area contributed by atoms with E-state index in [1.165, 1.54) is 16.2 Å². The summed E-state index contributed by atoms with van der Waals surface area (Å²) >= 11 is 1.34. The maximum Gasteiger partial charge on any atom is 0.265 e. The lowest BCUT2D eigenvalue weighted by Gasteiger charge is -2.23. The first-order valence-corrected chi connectivity index (χ1v) is 7.65. The Morgan fingerprint density at radius 2 is 2.10 bits per heavy atom. The van der Waals surface area contributed by atoms with Crippen LogP contribution in [0.15, 0.2) is 11.4 Å². The van der Waals surface area contributed by atoms with Crippen LogP contribution in [0.5, 0.6) is 0 Å². The molecule has 0 atom stereocenters. The predicted molar refractivity (Wildman–Crippen MR) is 85.1 cm³/mol. The van der Waals surface area contributed by atoms with Gasteiger partial charge in [-0.25, -0.2) is 0 Å². The van der Waals surface area contributed by atoms with Gasteiger partial charge >= 0.3 is 0 Å². The molecule has 0 aliphatic carbocycles. The van der Waals surface area contributed by atoms with Crippen molar-refractivity contribution in [3.63, 3.8) is 0 Å². The lowest BCUT2D eigenvalue weighted by Crippen LogP contribution is -2.40. The van der Waals surface area contributed by atoms with Gasteiger partial charge in [0.25, 0.3) is 5.91 Å². The summed E-state index contributed by atoms with van der Waals surface area (Å²) < 4.78 is 0. The van der Waals surface area contributed by atoms with E-state index < -0.39 is 0 Å². The third-order valence-corrected chi connectivity index (χ3v) is 3.69. The van der Waals surface area contributed by atoms with Gasteiger partial charge in [-0.05, 0) is 17.9 Å². The SMILES string of the molecule is CCCN(CC(=O)N(C)C)C(=O)c1sccc1C#CCN. The first-order valence-electron chi connectivity index (χ1n) is 6.77. The number of likely N-dealkylation sites (N-methyl/N-ethyl adjacent to an activating group) is 1. The normalized spacial score (nSPS) is 9.71. The molecule has 0 aromatic carbocycles. The van der Waals surface area contributed by atoms with Crippen LogP contribution in [0.1, 0.15) is 28.6 Å². The molecular weight excluding hydrogens is 286 g/mol. The van der Waals surface area contributed by atoms with E-state index in [-0.39, 0.29) is 24.9 Å².